The van der Waals surface area contributed by atoms with Gasteiger partial charge in [0.05, 0.1) is 18.4 Å². The van der Waals surface area contributed by atoms with Crippen LogP contribution in [0.25, 0.3) is 0 Å². The molecule has 3 N–H and O–H groups in total. The smallest absolute Gasteiger partial charge is 0.122 e. The van der Waals surface area contributed by atoms with Crippen LogP contribution in [0.2, 0.25) is 0 Å². The number of hydrogen-bond donors (Lipinski definition) is 2. The zero-order valence-corrected chi connectivity index (χ0v) is 9.55. The largest absolute Gasteiger partial charge is 0.468 e. The van der Waals surface area contributed by atoms with Gasteiger partial charge in [0.2, 0.25) is 0 Å². The van der Waals surface area contributed by atoms with Crippen molar-refractivity contribution in [2.45, 2.75) is 32.0 Å². The third-order valence-corrected chi connectivity index (χ3v) is 2.36. The quantitative estimate of drug-likeness (QED) is 0.763. The van der Waals surface area contributed by atoms with E-state index in [9.17, 15) is 5.11 Å². The standard InChI is InChI=1S/C11H20N2O2/c1-8(14)7-13(3)11(9(2)12)10-5-4-6-15-10/h4-6,8-9,11,14H,7,12H2,1-3H3. The Hall–Kier alpha value is -0.840. The van der Waals surface area contributed by atoms with Crippen molar-refractivity contribution >= 4 is 0 Å². The Morgan fingerprint density at radius 1 is 1.53 bits per heavy atom. The molecule has 0 bridgehead atoms. The van der Waals surface area contributed by atoms with Crippen LogP contribution in [0.15, 0.2) is 22.8 Å². The van der Waals surface area contributed by atoms with Gasteiger partial charge in [-0.25, -0.2) is 0 Å². The number of aliphatic hydroxyl groups excluding tert-OH is 1. The highest BCUT2D eigenvalue weighted by molar-refractivity contribution is 5.07. The minimum atomic E-state index is -0.369. The van der Waals surface area contributed by atoms with Crippen LogP contribution in [-0.4, -0.2) is 35.7 Å². The maximum absolute atomic E-state index is 9.34. The van der Waals surface area contributed by atoms with E-state index in [1.165, 1.54) is 0 Å². The number of nitrogens with zero attached hydrogens (tertiary/aromatic N) is 1. The van der Waals surface area contributed by atoms with Crippen molar-refractivity contribution in [3.63, 3.8) is 0 Å². The molecule has 3 atom stereocenters. The summed E-state index contributed by atoms with van der Waals surface area (Å²) in [7, 11) is 1.93. The van der Waals surface area contributed by atoms with Crippen molar-refractivity contribution in [3.05, 3.63) is 24.2 Å². The van der Waals surface area contributed by atoms with Gasteiger partial charge >= 0.3 is 0 Å². The van der Waals surface area contributed by atoms with Crippen molar-refractivity contribution in [2.24, 2.45) is 5.73 Å². The lowest BCUT2D eigenvalue weighted by molar-refractivity contribution is 0.101. The Bertz CT molecular complexity index is 270. The minimum absolute atomic E-state index is 0.00889. The van der Waals surface area contributed by atoms with Gasteiger partial charge in [-0.1, -0.05) is 0 Å². The molecule has 4 heteroatoms. The third-order valence-electron chi connectivity index (χ3n) is 2.36. The molecule has 0 radical (unpaired) electrons. The summed E-state index contributed by atoms with van der Waals surface area (Å²) in [5.74, 6) is 0.841. The Kier molecular flexibility index (Phi) is 4.32. The van der Waals surface area contributed by atoms with E-state index in [0.717, 1.165) is 5.76 Å². The van der Waals surface area contributed by atoms with Gasteiger partial charge in [0.1, 0.15) is 5.76 Å². The molecule has 0 spiro atoms. The van der Waals surface area contributed by atoms with Crippen LogP contribution >= 0.6 is 0 Å². The zero-order chi connectivity index (χ0) is 11.4. The second kappa shape index (κ2) is 5.30. The van der Waals surface area contributed by atoms with Gasteiger partial charge in [-0.05, 0) is 33.0 Å². The molecule has 0 saturated heterocycles. The molecule has 1 aromatic heterocycles. The molecular formula is C11H20N2O2. The second-order valence-electron chi connectivity index (χ2n) is 4.11. The Morgan fingerprint density at radius 3 is 2.60 bits per heavy atom. The van der Waals surface area contributed by atoms with Gasteiger partial charge in [0, 0.05) is 12.6 Å². The van der Waals surface area contributed by atoms with Gasteiger partial charge in [-0.15, -0.1) is 0 Å². The Morgan fingerprint density at radius 2 is 2.20 bits per heavy atom. The van der Waals surface area contributed by atoms with Crippen LogP contribution < -0.4 is 5.73 Å². The average molecular weight is 212 g/mol. The lowest BCUT2D eigenvalue weighted by Crippen LogP contribution is -2.40. The summed E-state index contributed by atoms with van der Waals surface area (Å²) in [6.07, 6.45) is 1.27. The van der Waals surface area contributed by atoms with Crippen LogP contribution in [0, 0.1) is 0 Å². The fourth-order valence-corrected chi connectivity index (χ4v) is 1.87. The van der Waals surface area contributed by atoms with Crippen LogP contribution in [0.5, 0.6) is 0 Å². The summed E-state index contributed by atoms with van der Waals surface area (Å²) < 4.78 is 5.36. The van der Waals surface area contributed by atoms with E-state index in [0.29, 0.717) is 6.54 Å². The first-order valence-electron chi connectivity index (χ1n) is 5.19. The predicted octanol–water partition coefficient (Wildman–Crippen LogP) is 0.981. The minimum Gasteiger partial charge on any atom is -0.468 e. The van der Waals surface area contributed by atoms with E-state index >= 15 is 0 Å². The molecule has 1 aromatic rings. The Labute approximate surface area is 90.7 Å². The van der Waals surface area contributed by atoms with Gasteiger partial charge in [0.15, 0.2) is 0 Å². The number of rotatable bonds is 5. The van der Waals surface area contributed by atoms with E-state index in [2.05, 4.69) is 0 Å². The first-order chi connectivity index (χ1) is 7.02. The topological polar surface area (TPSA) is 62.6 Å². The van der Waals surface area contributed by atoms with E-state index in [1.807, 2.05) is 31.0 Å². The van der Waals surface area contributed by atoms with Gasteiger partial charge in [-0.2, -0.15) is 0 Å². The maximum Gasteiger partial charge on any atom is 0.122 e. The van der Waals surface area contributed by atoms with Crippen LogP contribution in [0.3, 0.4) is 0 Å². The summed E-state index contributed by atoms with van der Waals surface area (Å²) in [4.78, 5) is 2.01. The molecule has 1 rings (SSSR count). The summed E-state index contributed by atoms with van der Waals surface area (Å²) in [6.45, 7) is 4.27. The molecular weight excluding hydrogens is 192 g/mol. The lowest BCUT2D eigenvalue weighted by atomic mass is 10.1. The molecule has 1 heterocycles. The number of likely N-dealkylation sites (N-methyl/N-ethyl adjacent to an activating group) is 1. The highest BCUT2D eigenvalue weighted by Gasteiger charge is 2.24. The zero-order valence-electron chi connectivity index (χ0n) is 9.55. The summed E-state index contributed by atoms with van der Waals surface area (Å²) >= 11 is 0. The molecule has 0 amide bonds. The number of aliphatic hydroxyl groups is 1. The predicted molar refractivity (Wildman–Crippen MR) is 59.4 cm³/mol. The van der Waals surface area contributed by atoms with Crippen LogP contribution in [0.4, 0.5) is 0 Å². The number of hydrogen-bond acceptors (Lipinski definition) is 4. The summed E-state index contributed by atoms with van der Waals surface area (Å²) in [6, 6.07) is 3.72. The number of nitrogens with two attached hydrogens (primary N) is 1. The van der Waals surface area contributed by atoms with E-state index in [4.69, 9.17) is 10.2 Å². The highest BCUT2D eigenvalue weighted by atomic mass is 16.3. The van der Waals surface area contributed by atoms with Crippen LogP contribution in [0.1, 0.15) is 25.6 Å². The van der Waals surface area contributed by atoms with Crippen molar-refractivity contribution in [2.75, 3.05) is 13.6 Å². The molecule has 15 heavy (non-hydrogen) atoms. The van der Waals surface area contributed by atoms with E-state index < -0.39 is 0 Å². The summed E-state index contributed by atoms with van der Waals surface area (Å²) in [5.41, 5.74) is 5.92. The SMILES string of the molecule is CC(O)CN(C)C(c1ccco1)C(C)N. The van der Waals surface area contributed by atoms with Gasteiger partial charge < -0.3 is 15.3 Å². The second-order valence-corrected chi connectivity index (χ2v) is 4.11. The van der Waals surface area contributed by atoms with Crippen molar-refractivity contribution in [1.82, 2.24) is 4.90 Å². The summed E-state index contributed by atoms with van der Waals surface area (Å²) in [5, 5.41) is 9.34. The molecule has 0 aliphatic carbocycles. The molecule has 0 saturated carbocycles. The van der Waals surface area contributed by atoms with Crippen molar-refractivity contribution in [1.29, 1.82) is 0 Å². The molecule has 86 valence electrons. The first-order valence-corrected chi connectivity index (χ1v) is 5.19. The molecule has 0 aliphatic rings. The fraction of sp³-hybridized carbons (Fsp3) is 0.636. The maximum atomic E-state index is 9.34. The average Bonchev–Trinajstić information content (AvgIpc) is 2.54. The van der Waals surface area contributed by atoms with Crippen LogP contribution in [-0.2, 0) is 0 Å². The van der Waals surface area contributed by atoms with Crippen molar-refractivity contribution in [3.8, 4) is 0 Å². The molecule has 0 fully saturated rings. The van der Waals surface area contributed by atoms with Gasteiger partial charge in [-0.3, -0.25) is 4.90 Å². The van der Waals surface area contributed by atoms with E-state index in [1.54, 1.807) is 13.2 Å². The molecule has 4 nitrogen and oxygen atoms in total. The molecule has 3 unspecified atom stereocenters. The first kappa shape index (κ1) is 12.2. The van der Waals surface area contributed by atoms with Crippen molar-refractivity contribution < 1.29 is 9.52 Å². The normalized spacial score (nSPS) is 17.7. The molecule has 0 aromatic carbocycles. The highest BCUT2D eigenvalue weighted by Crippen LogP contribution is 2.22. The fourth-order valence-electron chi connectivity index (χ4n) is 1.87. The number of furan rings is 1. The lowest BCUT2D eigenvalue weighted by Gasteiger charge is -2.30. The Balaban J connectivity index is 2.74. The third kappa shape index (κ3) is 3.34. The van der Waals surface area contributed by atoms with Gasteiger partial charge in [0.25, 0.3) is 0 Å². The van der Waals surface area contributed by atoms with E-state index in [-0.39, 0.29) is 18.2 Å². The monoisotopic (exact) mass is 212 g/mol. The molecule has 0 aliphatic heterocycles.